The fourth-order valence-corrected chi connectivity index (χ4v) is 7.17. The van der Waals surface area contributed by atoms with Crippen molar-refractivity contribution in [3.05, 3.63) is 106 Å². The predicted octanol–water partition coefficient (Wildman–Crippen LogP) is 6.67. The molecule has 7 rings (SSSR count). The second-order valence-corrected chi connectivity index (χ2v) is 10.9. The standard InChI is InChI=1S/C30H24N2O3S/c1-30(2)21-17-36-28-24(23(21)25-27(33)20-15-9-10-16-22(20)34-29(25)35-30)26(18-11-5-3-6-12-18)31-32(28)19-13-7-4-8-14-19/h3-16,21,23H,17H2,1-2H3/t21-,23-/m1/s1. The van der Waals surface area contributed by atoms with Gasteiger partial charge in [-0.2, -0.15) is 5.10 Å². The number of ether oxygens (including phenoxy) is 1. The molecule has 5 nitrogen and oxygen atoms in total. The molecule has 0 amide bonds. The molecule has 2 aliphatic heterocycles. The summed E-state index contributed by atoms with van der Waals surface area (Å²) in [7, 11) is 0. The first-order chi connectivity index (χ1) is 17.5. The van der Waals surface area contributed by atoms with Crippen LogP contribution in [0.3, 0.4) is 0 Å². The molecule has 0 saturated carbocycles. The van der Waals surface area contributed by atoms with Gasteiger partial charge in [-0.15, -0.1) is 11.8 Å². The van der Waals surface area contributed by atoms with Crippen LogP contribution in [0.5, 0.6) is 5.95 Å². The molecule has 4 heterocycles. The molecule has 178 valence electrons. The van der Waals surface area contributed by atoms with E-state index in [0.717, 1.165) is 33.3 Å². The molecule has 0 unspecified atom stereocenters. The first-order valence-electron chi connectivity index (χ1n) is 12.1. The lowest BCUT2D eigenvalue weighted by atomic mass is 9.71. The number of aromatic nitrogens is 2. The van der Waals surface area contributed by atoms with Crippen molar-refractivity contribution in [2.24, 2.45) is 5.92 Å². The van der Waals surface area contributed by atoms with Gasteiger partial charge in [-0.05, 0) is 38.1 Å². The number of hydrogen-bond acceptors (Lipinski definition) is 5. The van der Waals surface area contributed by atoms with Crippen LogP contribution < -0.4 is 10.2 Å². The van der Waals surface area contributed by atoms with Crippen LogP contribution in [0.15, 0.2) is 99.2 Å². The molecule has 0 bridgehead atoms. The molecule has 0 spiro atoms. The number of hydrogen-bond donors (Lipinski definition) is 0. The summed E-state index contributed by atoms with van der Waals surface area (Å²) in [5.74, 6) is 1.01. The fourth-order valence-electron chi connectivity index (χ4n) is 5.60. The van der Waals surface area contributed by atoms with E-state index in [9.17, 15) is 4.79 Å². The molecule has 0 radical (unpaired) electrons. The summed E-state index contributed by atoms with van der Waals surface area (Å²) < 4.78 is 14.7. The molecule has 3 aromatic carbocycles. The van der Waals surface area contributed by atoms with Crippen molar-refractivity contribution in [2.75, 3.05) is 5.75 Å². The van der Waals surface area contributed by atoms with Crippen LogP contribution in [-0.4, -0.2) is 21.1 Å². The maximum atomic E-state index is 14.0. The highest BCUT2D eigenvalue weighted by atomic mass is 32.2. The van der Waals surface area contributed by atoms with Crippen molar-refractivity contribution >= 4 is 22.7 Å². The summed E-state index contributed by atoms with van der Waals surface area (Å²) in [6, 6.07) is 27.8. The first kappa shape index (κ1) is 21.5. The molecule has 5 aromatic rings. The number of thioether (sulfide) groups is 1. The Morgan fingerprint density at radius 2 is 1.61 bits per heavy atom. The van der Waals surface area contributed by atoms with Crippen molar-refractivity contribution in [3.63, 3.8) is 0 Å². The van der Waals surface area contributed by atoms with Crippen molar-refractivity contribution in [2.45, 2.75) is 30.4 Å². The second-order valence-electron chi connectivity index (χ2n) is 9.91. The summed E-state index contributed by atoms with van der Waals surface area (Å²) in [5, 5.41) is 6.80. The molecule has 2 aliphatic rings. The molecule has 36 heavy (non-hydrogen) atoms. The Hall–Kier alpha value is -3.77. The normalized spacial score (nSPS) is 19.7. The maximum absolute atomic E-state index is 14.0. The van der Waals surface area contributed by atoms with Gasteiger partial charge in [0.05, 0.1) is 22.3 Å². The van der Waals surface area contributed by atoms with E-state index in [0.29, 0.717) is 22.5 Å². The zero-order valence-corrected chi connectivity index (χ0v) is 20.8. The lowest BCUT2D eigenvalue weighted by Crippen LogP contribution is -2.48. The third-order valence-electron chi connectivity index (χ3n) is 7.40. The van der Waals surface area contributed by atoms with E-state index >= 15 is 0 Å². The van der Waals surface area contributed by atoms with Gasteiger partial charge in [0.1, 0.15) is 16.2 Å². The smallest absolute Gasteiger partial charge is 0.293 e. The Bertz CT molecular complexity index is 1670. The summed E-state index contributed by atoms with van der Waals surface area (Å²) in [6.45, 7) is 4.19. The molecule has 0 saturated heterocycles. The van der Waals surface area contributed by atoms with Crippen molar-refractivity contribution in [1.82, 2.24) is 9.78 Å². The van der Waals surface area contributed by atoms with Gasteiger partial charge >= 0.3 is 0 Å². The first-order valence-corrected chi connectivity index (χ1v) is 13.1. The Kier molecular flexibility index (Phi) is 4.70. The fraction of sp³-hybridized carbons (Fsp3) is 0.200. The zero-order valence-electron chi connectivity index (χ0n) is 20.0. The zero-order chi connectivity index (χ0) is 24.4. The van der Waals surface area contributed by atoms with E-state index in [4.69, 9.17) is 14.3 Å². The van der Waals surface area contributed by atoms with E-state index in [-0.39, 0.29) is 17.3 Å². The molecule has 2 aromatic heterocycles. The van der Waals surface area contributed by atoms with Crippen molar-refractivity contribution in [1.29, 1.82) is 0 Å². The quantitative estimate of drug-likeness (QED) is 0.275. The van der Waals surface area contributed by atoms with Crippen molar-refractivity contribution in [3.8, 4) is 22.9 Å². The van der Waals surface area contributed by atoms with E-state index in [1.807, 2.05) is 65.3 Å². The highest BCUT2D eigenvalue weighted by molar-refractivity contribution is 7.99. The third-order valence-corrected chi connectivity index (χ3v) is 8.59. The average Bonchev–Trinajstić information content (AvgIpc) is 3.29. The molecular weight excluding hydrogens is 468 g/mol. The van der Waals surface area contributed by atoms with E-state index in [1.165, 1.54) is 0 Å². The van der Waals surface area contributed by atoms with Gasteiger partial charge < -0.3 is 9.15 Å². The number of fused-ring (bicyclic) bond motifs is 6. The summed E-state index contributed by atoms with van der Waals surface area (Å²) in [4.78, 5) is 14.0. The molecule has 0 N–H and O–H groups in total. The minimum absolute atomic E-state index is 0.0262. The van der Waals surface area contributed by atoms with Crippen LogP contribution in [-0.2, 0) is 0 Å². The Labute approximate surface area is 212 Å². The van der Waals surface area contributed by atoms with Gasteiger partial charge in [-0.3, -0.25) is 4.79 Å². The van der Waals surface area contributed by atoms with E-state index in [1.54, 1.807) is 11.8 Å². The molecule has 0 fully saturated rings. The topological polar surface area (TPSA) is 57.3 Å². The number of rotatable bonds is 2. The lowest BCUT2D eigenvalue weighted by Gasteiger charge is -2.45. The van der Waals surface area contributed by atoms with Gasteiger partial charge in [-0.1, -0.05) is 60.7 Å². The van der Waals surface area contributed by atoms with Crippen LogP contribution in [0, 0.1) is 5.92 Å². The monoisotopic (exact) mass is 492 g/mol. The Balaban J connectivity index is 1.57. The van der Waals surface area contributed by atoms with Crippen LogP contribution in [0.25, 0.3) is 27.9 Å². The highest BCUT2D eigenvalue weighted by Crippen LogP contribution is 2.56. The SMILES string of the molecule is CC1(C)Oc2oc3ccccc3c(=O)c2[C@H]2c3c(-c4ccccc4)nn(-c4ccccc4)c3SC[C@H]21. The Morgan fingerprint density at radius 3 is 2.39 bits per heavy atom. The van der Waals surface area contributed by atoms with E-state index < -0.39 is 5.60 Å². The number of nitrogens with zero attached hydrogens (tertiary/aromatic N) is 2. The molecular formula is C30H24N2O3S. The average molecular weight is 493 g/mol. The maximum Gasteiger partial charge on any atom is 0.293 e. The lowest BCUT2D eigenvalue weighted by molar-refractivity contribution is 0.00241. The van der Waals surface area contributed by atoms with Crippen LogP contribution in [0.2, 0.25) is 0 Å². The van der Waals surface area contributed by atoms with Gasteiger partial charge in [0.2, 0.25) is 5.43 Å². The van der Waals surface area contributed by atoms with Crippen LogP contribution in [0.1, 0.15) is 30.9 Å². The molecule has 2 atom stereocenters. The summed E-state index contributed by atoms with van der Waals surface area (Å²) >= 11 is 1.79. The predicted molar refractivity (Wildman–Crippen MR) is 142 cm³/mol. The van der Waals surface area contributed by atoms with Crippen molar-refractivity contribution < 1.29 is 9.15 Å². The minimum Gasteiger partial charge on any atom is -0.458 e. The number of para-hydroxylation sites is 2. The van der Waals surface area contributed by atoms with Crippen LogP contribution >= 0.6 is 11.8 Å². The third kappa shape index (κ3) is 3.10. The highest BCUT2D eigenvalue weighted by Gasteiger charge is 2.51. The summed E-state index contributed by atoms with van der Waals surface area (Å²) in [5.41, 5.74) is 4.60. The van der Waals surface area contributed by atoms with E-state index in [2.05, 4.69) is 38.1 Å². The largest absolute Gasteiger partial charge is 0.458 e. The minimum atomic E-state index is -0.524. The van der Waals surface area contributed by atoms with Gasteiger partial charge in [0.15, 0.2) is 0 Å². The van der Waals surface area contributed by atoms with Gasteiger partial charge in [0, 0.05) is 28.7 Å². The van der Waals surface area contributed by atoms with Gasteiger partial charge in [0.25, 0.3) is 5.95 Å². The molecule has 0 aliphatic carbocycles. The summed E-state index contributed by atoms with van der Waals surface area (Å²) in [6.07, 6.45) is 0. The van der Waals surface area contributed by atoms with Crippen LogP contribution in [0.4, 0.5) is 0 Å². The second kappa shape index (κ2) is 7.87. The number of benzene rings is 3. The van der Waals surface area contributed by atoms with Gasteiger partial charge in [-0.25, -0.2) is 4.68 Å². The Morgan fingerprint density at radius 1 is 0.917 bits per heavy atom. The molecule has 6 heteroatoms.